The minimum Gasteiger partial charge on any atom is -0.387 e. The lowest BCUT2D eigenvalue weighted by molar-refractivity contribution is 0.0916. The summed E-state index contributed by atoms with van der Waals surface area (Å²) in [6, 6.07) is 3.71. The van der Waals surface area contributed by atoms with Crippen LogP contribution in [0.25, 0.3) is 0 Å². The van der Waals surface area contributed by atoms with Crippen LogP contribution in [-0.2, 0) is 0 Å². The number of aliphatic hydroxyl groups excluding tert-OH is 1. The molecule has 0 aliphatic heterocycles. The largest absolute Gasteiger partial charge is 0.387 e. The lowest BCUT2D eigenvalue weighted by atomic mass is 10.1. The van der Waals surface area contributed by atoms with Gasteiger partial charge in [0.05, 0.1) is 17.9 Å². The minimum atomic E-state index is -0.771. The average molecular weight is 274 g/mol. The number of hydrogen-bond acceptors (Lipinski definition) is 4. The average Bonchev–Trinajstić information content (AvgIpc) is 2.95. The molecule has 0 saturated heterocycles. The van der Waals surface area contributed by atoms with Crippen molar-refractivity contribution in [1.29, 1.82) is 0 Å². The quantitative estimate of drug-likeness (QED) is 0.861. The molecule has 2 rings (SSSR count). The van der Waals surface area contributed by atoms with Gasteiger partial charge in [-0.25, -0.2) is 0 Å². The summed E-state index contributed by atoms with van der Waals surface area (Å²) in [5.41, 5.74) is 1.16. The molecule has 2 N–H and O–H groups in total. The number of aliphatic hydroxyl groups is 1. The van der Waals surface area contributed by atoms with E-state index in [-0.39, 0.29) is 18.5 Å². The first-order valence-corrected chi connectivity index (χ1v) is 6.48. The monoisotopic (exact) mass is 274 g/mol. The van der Waals surface area contributed by atoms with Crippen LogP contribution in [0.1, 0.15) is 41.9 Å². The van der Waals surface area contributed by atoms with Crippen molar-refractivity contribution in [3.8, 4) is 0 Å². The van der Waals surface area contributed by atoms with E-state index in [9.17, 15) is 9.90 Å². The summed E-state index contributed by atoms with van der Waals surface area (Å²) in [4.78, 5) is 15.9. The zero-order valence-electron chi connectivity index (χ0n) is 11.5. The third-order valence-corrected chi connectivity index (χ3v) is 2.92. The van der Waals surface area contributed by atoms with Crippen LogP contribution in [0.5, 0.6) is 0 Å². The molecule has 0 aromatic carbocycles. The van der Waals surface area contributed by atoms with Crippen LogP contribution in [0.2, 0.25) is 0 Å². The Hall–Kier alpha value is -2.21. The third kappa shape index (κ3) is 3.42. The van der Waals surface area contributed by atoms with E-state index in [4.69, 9.17) is 0 Å². The molecule has 1 atom stereocenters. The Balaban J connectivity index is 1.91. The Kier molecular flexibility index (Phi) is 4.47. The number of carbonyl (C=O) groups excluding carboxylic acids is 1. The van der Waals surface area contributed by atoms with Crippen molar-refractivity contribution in [1.82, 2.24) is 20.1 Å². The topological polar surface area (TPSA) is 80.0 Å². The molecule has 0 bridgehead atoms. The summed E-state index contributed by atoms with van der Waals surface area (Å²) in [5.74, 6) is -0.250. The first-order chi connectivity index (χ1) is 9.58. The summed E-state index contributed by atoms with van der Waals surface area (Å²) >= 11 is 0. The Labute approximate surface area is 117 Å². The fourth-order valence-electron chi connectivity index (χ4n) is 1.72. The Morgan fingerprint density at radius 1 is 1.45 bits per heavy atom. The molecule has 1 amide bonds. The van der Waals surface area contributed by atoms with E-state index in [2.05, 4.69) is 15.4 Å². The van der Waals surface area contributed by atoms with Crippen LogP contribution in [0.3, 0.4) is 0 Å². The van der Waals surface area contributed by atoms with Gasteiger partial charge in [-0.15, -0.1) is 0 Å². The second-order valence-corrected chi connectivity index (χ2v) is 4.81. The molecule has 2 heterocycles. The molecule has 6 nitrogen and oxygen atoms in total. The third-order valence-electron chi connectivity index (χ3n) is 2.92. The highest BCUT2D eigenvalue weighted by atomic mass is 16.3. The summed E-state index contributed by atoms with van der Waals surface area (Å²) in [6.07, 6.45) is 5.65. The van der Waals surface area contributed by atoms with Crippen molar-refractivity contribution in [2.24, 2.45) is 0 Å². The summed E-state index contributed by atoms with van der Waals surface area (Å²) < 4.78 is 1.71. The van der Waals surface area contributed by atoms with Crippen LogP contribution in [0.4, 0.5) is 0 Å². The van der Waals surface area contributed by atoms with Crippen LogP contribution in [0, 0.1) is 0 Å². The molecule has 20 heavy (non-hydrogen) atoms. The highest BCUT2D eigenvalue weighted by molar-refractivity contribution is 5.93. The number of nitrogens with one attached hydrogen (secondary N) is 1. The molecular formula is C14H18N4O2. The van der Waals surface area contributed by atoms with Gasteiger partial charge in [0.2, 0.25) is 0 Å². The molecule has 1 unspecified atom stereocenters. The summed E-state index contributed by atoms with van der Waals surface area (Å²) in [5, 5.41) is 16.7. The van der Waals surface area contributed by atoms with E-state index in [1.54, 1.807) is 35.4 Å². The van der Waals surface area contributed by atoms with Gasteiger partial charge in [0.15, 0.2) is 0 Å². The van der Waals surface area contributed by atoms with Crippen molar-refractivity contribution in [2.45, 2.75) is 26.0 Å². The van der Waals surface area contributed by atoms with Crippen molar-refractivity contribution < 1.29 is 9.90 Å². The van der Waals surface area contributed by atoms with E-state index in [0.717, 1.165) is 0 Å². The van der Waals surface area contributed by atoms with Gasteiger partial charge in [0.1, 0.15) is 0 Å². The van der Waals surface area contributed by atoms with Gasteiger partial charge < -0.3 is 10.4 Å². The van der Waals surface area contributed by atoms with Crippen molar-refractivity contribution in [3.05, 3.63) is 48.0 Å². The molecule has 0 aliphatic carbocycles. The van der Waals surface area contributed by atoms with Gasteiger partial charge in [-0.3, -0.25) is 14.5 Å². The predicted molar refractivity (Wildman–Crippen MR) is 74.1 cm³/mol. The number of amides is 1. The molecular weight excluding hydrogens is 256 g/mol. The van der Waals surface area contributed by atoms with E-state index in [0.29, 0.717) is 11.1 Å². The van der Waals surface area contributed by atoms with Crippen LogP contribution in [0.15, 0.2) is 36.9 Å². The number of hydrogen-bond donors (Lipinski definition) is 2. The van der Waals surface area contributed by atoms with Gasteiger partial charge in [0.25, 0.3) is 5.91 Å². The van der Waals surface area contributed by atoms with Gasteiger partial charge in [0, 0.05) is 36.7 Å². The molecule has 0 radical (unpaired) electrons. The zero-order chi connectivity index (χ0) is 14.5. The lowest BCUT2D eigenvalue weighted by Crippen LogP contribution is -2.28. The molecule has 2 aromatic heterocycles. The van der Waals surface area contributed by atoms with Crippen molar-refractivity contribution in [3.63, 3.8) is 0 Å². The molecule has 2 aromatic rings. The van der Waals surface area contributed by atoms with Crippen LogP contribution in [-0.4, -0.2) is 32.3 Å². The van der Waals surface area contributed by atoms with Gasteiger partial charge in [-0.05, 0) is 19.9 Å². The number of aromatic nitrogens is 3. The van der Waals surface area contributed by atoms with E-state index in [1.807, 2.05) is 13.8 Å². The molecule has 0 spiro atoms. The second kappa shape index (κ2) is 6.29. The van der Waals surface area contributed by atoms with E-state index in [1.165, 1.54) is 6.20 Å². The smallest absolute Gasteiger partial charge is 0.254 e. The highest BCUT2D eigenvalue weighted by Gasteiger charge is 2.13. The van der Waals surface area contributed by atoms with Gasteiger partial charge >= 0.3 is 0 Å². The normalized spacial score (nSPS) is 12.4. The summed E-state index contributed by atoms with van der Waals surface area (Å²) in [6.45, 7) is 4.11. The Morgan fingerprint density at radius 2 is 2.25 bits per heavy atom. The number of rotatable bonds is 5. The zero-order valence-corrected chi connectivity index (χ0v) is 11.5. The molecule has 6 heteroatoms. The minimum absolute atomic E-state index is 0.136. The van der Waals surface area contributed by atoms with Crippen LogP contribution >= 0.6 is 0 Å². The number of pyridine rings is 1. The van der Waals surface area contributed by atoms with Crippen molar-refractivity contribution >= 4 is 5.91 Å². The van der Waals surface area contributed by atoms with Crippen LogP contribution < -0.4 is 5.32 Å². The SMILES string of the molecule is CC(C)n1cc(C(=O)NCC(O)c2cccnc2)cn1. The lowest BCUT2D eigenvalue weighted by Gasteiger charge is -2.11. The standard InChI is InChI=1S/C14H18N4O2/c1-10(2)18-9-12(7-17-18)14(20)16-8-13(19)11-4-3-5-15-6-11/h3-7,9-10,13,19H,8H2,1-2H3,(H,16,20). The highest BCUT2D eigenvalue weighted by Crippen LogP contribution is 2.10. The Bertz CT molecular complexity index is 566. The maximum absolute atomic E-state index is 11.9. The van der Waals surface area contributed by atoms with Gasteiger partial charge in [-0.1, -0.05) is 6.07 Å². The predicted octanol–water partition coefficient (Wildman–Crippen LogP) is 1.32. The number of carbonyl (C=O) groups is 1. The number of nitrogens with zero attached hydrogens (tertiary/aromatic N) is 3. The molecule has 106 valence electrons. The second-order valence-electron chi connectivity index (χ2n) is 4.81. The van der Waals surface area contributed by atoms with E-state index >= 15 is 0 Å². The van der Waals surface area contributed by atoms with Crippen molar-refractivity contribution in [2.75, 3.05) is 6.54 Å². The fourth-order valence-corrected chi connectivity index (χ4v) is 1.72. The first kappa shape index (κ1) is 14.2. The van der Waals surface area contributed by atoms with E-state index < -0.39 is 6.10 Å². The maximum Gasteiger partial charge on any atom is 0.254 e. The first-order valence-electron chi connectivity index (χ1n) is 6.48. The maximum atomic E-state index is 11.9. The fraction of sp³-hybridized carbons (Fsp3) is 0.357. The van der Waals surface area contributed by atoms with Gasteiger partial charge in [-0.2, -0.15) is 5.10 Å². The Morgan fingerprint density at radius 3 is 2.85 bits per heavy atom. The molecule has 0 fully saturated rings. The molecule has 0 saturated carbocycles. The molecule has 0 aliphatic rings. The summed E-state index contributed by atoms with van der Waals surface area (Å²) in [7, 11) is 0.